The van der Waals surface area contributed by atoms with E-state index in [-0.39, 0.29) is 0 Å². The van der Waals surface area contributed by atoms with Crippen LogP contribution in [0.25, 0.3) is 0 Å². The Morgan fingerprint density at radius 3 is 1.86 bits per heavy atom. The third-order valence-electron chi connectivity index (χ3n) is 2.27. The number of rotatable bonds is 1. The summed E-state index contributed by atoms with van der Waals surface area (Å²) in [6, 6.07) is 6.38. The van der Waals surface area contributed by atoms with E-state index in [1.165, 1.54) is 16.7 Å². The van der Waals surface area contributed by atoms with Gasteiger partial charge in [-0.1, -0.05) is 25.1 Å². The van der Waals surface area contributed by atoms with Crippen LogP contribution in [0.2, 0.25) is 0 Å². The van der Waals surface area contributed by atoms with Gasteiger partial charge < -0.3 is 0 Å². The van der Waals surface area contributed by atoms with Gasteiger partial charge in [-0.25, -0.2) is 0 Å². The highest BCUT2D eigenvalue weighted by Gasteiger charge is 1.91. The molecular weight excluding hydrogens is 168 g/mol. The first-order valence-electron chi connectivity index (χ1n) is 5.09. The van der Waals surface area contributed by atoms with Gasteiger partial charge in [0.2, 0.25) is 0 Å². The topological polar surface area (TPSA) is 0 Å². The molecular formula is C14H20. The second-order valence-electron chi connectivity index (χ2n) is 3.47. The summed E-state index contributed by atoms with van der Waals surface area (Å²) in [4.78, 5) is 0. The fraction of sp³-hybridized carbons (Fsp3) is 0.429. The Kier molecular flexibility index (Phi) is 6.58. The average molecular weight is 188 g/mol. The minimum absolute atomic E-state index is 0.917. The number of terminal acetylenes is 1. The van der Waals surface area contributed by atoms with Crippen molar-refractivity contribution in [3.05, 3.63) is 34.9 Å². The highest BCUT2D eigenvalue weighted by atomic mass is 14.0. The minimum atomic E-state index is 0.917. The lowest BCUT2D eigenvalue weighted by Crippen LogP contribution is -1.82. The van der Waals surface area contributed by atoms with Gasteiger partial charge in [-0.2, -0.15) is 0 Å². The smallest absolute Gasteiger partial charge is 0.00834 e. The Hall–Kier alpha value is -1.22. The maximum absolute atomic E-state index is 4.89. The van der Waals surface area contributed by atoms with Crippen molar-refractivity contribution >= 4 is 0 Å². The fourth-order valence-electron chi connectivity index (χ4n) is 1.04. The van der Waals surface area contributed by atoms with Gasteiger partial charge in [0, 0.05) is 6.42 Å². The molecule has 0 N–H and O–H groups in total. The van der Waals surface area contributed by atoms with E-state index in [4.69, 9.17) is 6.42 Å². The summed E-state index contributed by atoms with van der Waals surface area (Å²) in [5.74, 6) is 2.52. The van der Waals surface area contributed by atoms with E-state index >= 15 is 0 Å². The Bertz CT molecular complexity index is 282. The molecule has 1 rings (SSSR count). The van der Waals surface area contributed by atoms with Gasteiger partial charge in [0.05, 0.1) is 0 Å². The molecule has 0 radical (unpaired) electrons. The van der Waals surface area contributed by atoms with E-state index in [0.29, 0.717) is 0 Å². The van der Waals surface area contributed by atoms with Gasteiger partial charge in [-0.15, -0.1) is 12.3 Å². The Balaban J connectivity index is 0.000000292. The molecule has 0 nitrogen and oxygen atoms in total. The van der Waals surface area contributed by atoms with Crippen LogP contribution in [0.1, 0.15) is 36.5 Å². The zero-order valence-electron chi connectivity index (χ0n) is 9.72. The van der Waals surface area contributed by atoms with Crippen molar-refractivity contribution < 1.29 is 0 Å². The molecule has 0 spiro atoms. The van der Waals surface area contributed by atoms with Gasteiger partial charge >= 0.3 is 0 Å². The van der Waals surface area contributed by atoms with Crippen molar-refractivity contribution in [3.8, 4) is 12.3 Å². The van der Waals surface area contributed by atoms with Gasteiger partial charge in [-0.3, -0.25) is 0 Å². The fourth-order valence-corrected chi connectivity index (χ4v) is 1.04. The van der Waals surface area contributed by atoms with Crippen LogP contribution in [-0.4, -0.2) is 0 Å². The molecule has 76 valence electrons. The van der Waals surface area contributed by atoms with Crippen LogP contribution in [0, 0.1) is 33.1 Å². The Morgan fingerprint density at radius 1 is 1.14 bits per heavy atom. The molecule has 0 bridgehead atoms. The molecule has 0 aromatic heterocycles. The molecule has 0 aliphatic carbocycles. The molecule has 0 unspecified atom stereocenters. The molecule has 1 aromatic rings. The van der Waals surface area contributed by atoms with E-state index < -0.39 is 0 Å². The molecule has 0 aliphatic rings. The number of unbranched alkanes of at least 4 members (excludes halogenated alkanes) is 1. The first-order valence-corrected chi connectivity index (χ1v) is 5.09. The largest absolute Gasteiger partial charge is 0.120 e. The van der Waals surface area contributed by atoms with Crippen LogP contribution in [0.3, 0.4) is 0 Å². The molecule has 0 saturated carbocycles. The molecule has 0 atom stereocenters. The zero-order valence-corrected chi connectivity index (χ0v) is 9.72. The Labute approximate surface area is 88.4 Å². The number of hydrogen-bond acceptors (Lipinski definition) is 0. The number of benzene rings is 1. The predicted molar refractivity (Wildman–Crippen MR) is 64.4 cm³/mol. The minimum Gasteiger partial charge on any atom is -0.120 e. The van der Waals surface area contributed by atoms with E-state index in [1.807, 2.05) is 0 Å². The van der Waals surface area contributed by atoms with Crippen molar-refractivity contribution in [2.24, 2.45) is 0 Å². The van der Waals surface area contributed by atoms with Crippen LogP contribution in [0.15, 0.2) is 18.2 Å². The van der Waals surface area contributed by atoms with Gasteiger partial charge in [0.25, 0.3) is 0 Å². The van der Waals surface area contributed by atoms with E-state index in [0.717, 1.165) is 12.8 Å². The summed E-state index contributed by atoms with van der Waals surface area (Å²) in [7, 11) is 0. The standard InChI is InChI=1S/C9H12.C5H8/c1-7-5-4-6-8(2)9(7)3;1-3-5-4-2/h4-6H,1-3H3;1H,4-5H2,2H3. The van der Waals surface area contributed by atoms with Crippen LogP contribution >= 0.6 is 0 Å². The SMILES string of the molecule is C#CCCC.Cc1cccc(C)c1C. The molecule has 0 heteroatoms. The lowest BCUT2D eigenvalue weighted by atomic mass is 10.1. The molecule has 0 aliphatic heterocycles. The molecule has 0 amide bonds. The lowest BCUT2D eigenvalue weighted by molar-refractivity contribution is 0.984. The van der Waals surface area contributed by atoms with E-state index in [1.54, 1.807) is 0 Å². The van der Waals surface area contributed by atoms with Crippen molar-refractivity contribution in [2.45, 2.75) is 40.5 Å². The third kappa shape index (κ3) is 4.72. The summed E-state index contributed by atoms with van der Waals surface area (Å²) >= 11 is 0. The molecule has 0 saturated heterocycles. The van der Waals surface area contributed by atoms with E-state index in [9.17, 15) is 0 Å². The van der Waals surface area contributed by atoms with Gasteiger partial charge in [0.15, 0.2) is 0 Å². The first kappa shape index (κ1) is 12.8. The molecule has 0 fully saturated rings. The quantitative estimate of drug-likeness (QED) is 0.584. The highest BCUT2D eigenvalue weighted by Crippen LogP contribution is 2.09. The van der Waals surface area contributed by atoms with Crippen LogP contribution < -0.4 is 0 Å². The van der Waals surface area contributed by atoms with Crippen molar-refractivity contribution in [2.75, 3.05) is 0 Å². The average Bonchev–Trinajstić information content (AvgIpc) is 2.16. The third-order valence-corrected chi connectivity index (χ3v) is 2.27. The van der Waals surface area contributed by atoms with Crippen LogP contribution in [0.4, 0.5) is 0 Å². The highest BCUT2D eigenvalue weighted by molar-refractivity contribution is 5.31. The zero-order chi connectivity index (χ0) is 11.0. The summed E-state index contributed by atoms with van der Waals surface area (Å²) < 4.78 is 0. The van der Waals surface area contributed by atoms with Crippen LogP contribution in [-0.2, 0) is 0 Å². The lowest BCUT2D eigenvalue weighted by Gasteiger charge is -2.00. The van der Waals surface area contributed by atoms with Crippen LogP contribution in [0.5, 0.6) is 0 Å². The summed E-state index contributed by atoms with van der Waals surface area (Å²) in [6.45, 7) is 8.51. The maximum Gasteiger partial charge on any atom is 0.00834 e. The molecule has 14 heavy (non-hydrogen) atoms. The van der Waals surface area contributed by atoms with Gasteiger partial charge in [-0.05, 0) is 43.9 Å². The second kappa shape index (κ2) is 7.21. The summed E-state index contributed by atoms with van der Waals surface area (Å²) in [5.41, 5.74) is 4.18. The maximum atomic E-state index is 4.89. The van der Waals surface area contributed by atoms with Gasteiger partial charge in [0.1, 0.15) is 0 Å². The summed E-state index contributed by atoms with van der Waals surface area (Å²) in [6.07, 6.45) is 6.91. The normalized spacial score (nSPS) is 8.50. The molecule has 0 heterocycles. The summed E-state index contributed by atoms with van der Waals surface area (Å²) in [5, 5.41) is 0. The van der Waals surface area contributed by atoms with Crippen molar-refractivity contribution in [1.82, 2.24) is 0 Å². The van der Waals surface area contributed by atoms with Crippen molar-refractivity contribution in [3.63, 3.8) is 0 Å². The molecule has 1 aromatic carbocycles. The first-order chi connectivity index (χ1) is 6.63. The van der Waals surface area contributed by atoms with Crippen molar-refractivity contribution in [1.29, 1.82) is 0 Å². The number of hydrogen-bond donors (Lipinski definition) is 0. The second-order valence-corrected chi connectivity index (χ2v) is 3.47. The Morgan fingerprint density at radius 2 is 1.64 bits per heavy atom. The predicted octanol–water partition coefficient (Wildman–Crippen LogP) is 4.03. The van der Waals surface area contributed by atoms with E-state index in [2.05, 4.69) is 51.8 Å². The monoisotopic (exact) mass is 188 g/mol. The number of aryl methyl sites for hydroxylation is 2.